The zero-order chi connectivity index (χ0) is 13.0. The smallest absolute Gasteiger partial charge is 0.321 e. The van der Waals surface area contributed by atoms with Gasteiger partial charge in [0, 0.05) is 7.05 Å². The third-order valence-corrected chi connectivity index (χ3v) is 2.83. The van der Waals surface area contributed by atoms with Crippen molar-refractivity contribution < 1.29 is 4.74 Å². The molecule has 0 saturated heterocycles. The molecule has 8 nitrogen and oxygen atoms in total. The summed E-state index contributed by atoms with van der Waals surface area (Å²) in [7, 11) is 1.72. The molecule has 2 rings (SSSR count). The first-order valence-electron chi connectivity index (χ1n) is 5.13. The zero-order valence-electron chi connectivity index (χ0n) is 9.74. The van der Waals surface area contributed by atoms with Crippen LogP contribution in [-0.4, -0.2) is 41.8 Å². The molecule has 0 aliphatic heterocycles. The van der Waals surface area contributed by atoms with Crippen LogP contribution in [0, 0.1) is 0 Å². The van der Waals surface area contributed by atoms with Crippen molar-refractivity contribution in [1.82, 2.24) is 35.2 Å². The summed E-state index contributed by atoms with van der Waals surface area (Å²) in [5.41, 5.74) is 0. The van der Waals surface area contributed by atoms with Gasteiger partial charge >= 0.3 is 6.01 Å². The highest BCUT2D eigenvalue weighted by Crippen LogP contribution is 2.23. The summed E-state index contributed by atoms with van der Waals surface area (Å²) in [6.45, 7) is 2.51. The van der Waals surface area contributed by atoms with Crippen molar-refractivity contribution in [2.24, 2.45) is 7.05 Å². The molecule has 0 saturated carbocycles. The van der Waals surface area contributed by atoms with Crippen LogP contribution in [0.15, 0.2) is 10.3 Å². The third-order valence-electron chi connectivity index (χ3n) is 1.77. The van der Waals surface area contributed by atoms with Gasteiger partial charge in [-0.25, -0.2) is 4.68 Å². The molecule has 2 heterocycles. The summed E-state index contributed by atoms with van der Waals surface area (Å²) >= 11 is 6.98. The van der Waals surface area contributed by atoms with Gasteiger partial charge in [0.15, 0.2) is 0 Å². The molecule has 2 aromatic rings. The van der Waals surface area contributed by atoms with Gasteiger partial charge in [0.1, 0.15) is 0 Å². The minimum atomic E-state index is 0.0775. The number of aromatic nitrogens is 7. The maximum Gasteiger partial charge on any atom is 0.321 e. The summed E-state index contributed by atoms with van der Waals surface area (Å²) in [6, 6.07) is 0.203. The Hall–Kier alpha value is -1.48. The summed E-state index contributed by atoms with van der Waals surface area (Å²) in [4.78, 5) is 12.0. The van der Waals surface area contributed by atoms with Crippen molar-refractivity contribution in [2.75, 3.05) is 6.61 Å². The van der Waals surface area contributed by atoms with Crippen molar-refractivity contribution >= 4 is 23.4 Å². The minimum absolute atomic E-state index is 0.0775. The van der Waals surface area contributed by atoms with E-state index in [-0.39, 0.29) is 11.3 Å². The third kappa shape index (κ3) is 3.26. The highest BCUT2D eigenvalue weighted by atomic mass is 35.5. The molecular formula is C8H10ClN7OS. The molecule has 0 aliphatic rings. The van der Waals surface area contributed by atoms with Crippen LogP contribution in [0.3, 0.4) is 0 Å². The van der Waals surface area contributed by atoms with Gasteiger partial charge in [0.25, 0.3) is 0 Å². The topological polar surface area (TPSA) is 91.5 Å². The Morgan fingerprint density at radius 1 is 1.33 bits per heavy atom. The summed E-state index contributed by atoms with van der Waals surface area (Å²) < 4.78 is 6.82. The van der Waals surface area contributed by atoms with E-state index in [0.717, 1.165) is 6.42 Å². The van der Waals surface area contributed by atoms with E-state index < -0.39 is 0 Å². The fourth-order valence-corrected chi connectivity index (χ4v) is 1.88. The van der Waals surface area contributed by atoms with Gasteiger partial charge in [-0.1, -0.05) is 6.92 Å². The number of nitrogens with zero attached hydrogens (tertiary/aromatic N) is 7. The molecule has 10 heteroatoms. The van der Waals surface area contributed by atoms with Gasteiger partial charge in [0.05, 0.1) is 6.61 Å². The van der Waals surface area contributed by atoms with Crippen molar-refractivity contribution in [3.63, 3.8) is 0 Å². The lowest BCUT2D eigenvalue weighted by Gasteiger charge is -2.03. The van der Waals surface area contributed by atoms with Gasteiger partial charge < -0.3 is 4.74 Å². The Morgan fingerprint density at radius 2 is 2.17 bits per heavy atom. The van der Waals surface area contributed by atoms with E-state index in [1.54, 1.807) is 7.05 Å². The number of halogens is 1. The Morgan fingerprint density at radius 3 is 2.83 bits per heavy atom. The molecule has 0 atom stereocenters. The normalized spacial score (nSPS) is 10.6. The molecule has 2 aromatic heterocycles. The summed E-state index contributed by atoms with van der Waals surface area (Å²) in [6.07, 6.45) is 0.860. The van der Waals surface area contributed by atoms with E-state index in [0.29, 0.717) is 16.9 Å². The molecule has 0 spiro atoms. The molecule has 0 N–H and O–H groups in total. The van der Waals surface area contributed by atoms with Crippen molar-refractivity contribution in [3.05, 3.63) is 5.28 Å². The van der Waals surface area contributed by atoms with Crippen LogP contribution in [0.1, 0.15) is 13.3 Å². The second-order valence-corrected chi connectivity index (χ2v) is 4.48. The molecule has 0 fully saturated rings. The fraction of sp³-hybridized carbons (Fsp3) is 0.500. The first-order chi connectivity index (χ1) is 8.69. The Labute approximate surface area is 112 Å². The number of ether oxygens (including phenoxy) is 1. The second-order valence-electron chi connectivity index (χ2n) is 3.21. The van der Waals surface area contributed by atoms with E-state index in [9.17, 15) is 0 Å². The first-order valence-corrected chi connectivity index (χ1v) is 6.33. The molecular weight excluding hydrogens is 278 g/mol. The number of hydrogen-bond donors (Lipinski definition) is 0. The molecule has 0 unspecified atom stereocenters. The van der Waals surface area contributed by atoms with Gasteiger partial charge in [-0.2, -0.15) is 15.0 Å². The number of tetrazole rings is 1. The SMILES string of the molecule is CCCOc1nc(Cl)nc(Sc2nnnn2C)n1. The molecule has 0 radical (unpaired) electrons. The molecule has 18 heavy (non-hydrogen) atoms. The highest BCUT2D eigenvalue weighted by molar-refractivity contribution is 7.99. The maximum absolute atomic E-state index is 5.79. The zero-order valence-corrected chi connectivity index (χ0v) is 11.3. The quantitative estimate of drug-likeness (QED) is 0.804. The van der Waals surface area contributed by atoms with Crippen molar-refractivity contribution in [2.45, 2.75) is 23.7 Å². The van der Waals surface area contributed by atoms with Crippen LogP contribution in [0.5, 0.6) is 6.01 Å². The standard InChI is InChI=1S/C8H10ClN7OS/c1-3-4-17-6-10-5(9)11-7(12-6)18-8-13-14-15-16(8)2/h3-4H2,1-2H3. The molecule has 0 aliphatic carbocycles. The Kier molecular flexibility index (Phi) is 4.26. The number of hydrogen-bond acceptors (Lipinski definition) is 8. The number of rotatable bonds is 5. The fourth-order valence-electron chi connectivity index (χ4n) is 1.01. The van der Waals surface area contributed by atoms with Crippen LogP contribution in [0.4, 0.5) is 0 Å². The molecule has 0 bridgehead atoms. The van der Waals surface area contributed by atoms with Gasteiger partial charge in [0.2, 0.25) is 15.6 Å². The summed E-state index contributed by atoms with van der Waals surface area (Å²) in [5.74, 6) is 0. The summed E-state index contributed by atoms with van der Waals surface area (Å²) in [5, 5.41) is 12.1. The van der Waals surface area contributed by atoms with Gasteiger partial charge in [-0.3, -0.25) is 0 Å². The first kappa shape index (κ1) is 13.0. The second kappa shape index (κ2) is 5.91. The Bertz CT molecular complexity index is 534. The van der Waals surface area contributed by atoms with E-state index in [1.165, 1.54) is 16.4 Å². The molecule has 0 aromatic carbocycles. The predicted octanol–water partition coefficient (Wildman–Crippen LogP) is 0.988. The van der Waals surface area contributed by atoms with Crippen molar-refractivity contribution in [3.8, 4) is 6.01 Å². The van der Waals surface area contributed by atoms with Crippen LogP contribution in [0.2, 0.25) is 5.28 Å². The van der Waals surface area contributed by atoms with Crippen LogP contribution in [-0.2, 0) is 7.05 Å². The lowest BCUT2D eigenvalue weighted by atomic mass is 10.5. The van der Waals surface area contributed by atoms with E-state index >= 15 is 0 Å². The van der Waals surface area contributed by atoms with Gasteiger partial charge in [-0.05, 0) is 40.2 Å². The van der Waals surface area contributed by atoms with Gasteiger partial charge in [-0.15, -0.1) is 5.10 Å². The van der Waals surface area contributed by atoms with Crippen LogP contribution < -0.4 is 4.74 Å². The average molecular weight is 288 g/mol. The molecule has 96 valence electrons. The largest absolute Gasteiger partial charge is 0.463 e. The van der Waals surface area contributed by atoms with Crippen LogP contribution >= 0.6 is 23.4 Å². The van der Waals surface area contributed by atoms with E-state index in [4.69, 9.17) is 16.3 Å². The number of aryl methyl sites for hydroxylation is 1. The van der Waals surface area contributed by atoms with E-state index in [1.807, 2.05) is 6.92 Å². The van der Waals surface area contributed by atoms with Crippen molar-refractivity contribution in [1.29, 1.82) is 0 Å². The minimum Gasteiger partial charge on any atom is -0.463 e. The lowest BCUT2D eigenvalue weighted by molar-refractivity contribution is 0.288. The maximum atomic E-state index is 5.79. The lowest BCUT2D eigenvalue weighted by Crippen LogP contribution is -2.03. The Balaban J connectivity index is 2.17. The monoisotopic (exact) mass is 287 g/mol. The van der Waals surface area contributed by atoms with Crippen LogP contribution in [0.25, 0.3) is 0 Å². The highest BCUT2D eigenvalue weighted by Gasteiger charge is 2.11. The average Bonchev–Trinajstić information content (AvgIpc) is 2.72. The molecule has 0 amide bonds. The van der Waals surface area contributed by atoms with E-state index in [2.05, 4.69) is 30.5 Å². The predicted molar refractivity (Wildman–Crippen MR) is 63.5 cm³/mol.